The summed E-state index contributed by atoms with van der Waals surface area (Å²) in [5.74, 6) is 1.20. The lowest BCUT2D eigenvalue weighted by atomic mass is 10.1. The highest BCUT2D eigenvalue weighted by Crippen LogP contribution is 2.28. The van der Waals surface area contributed by atoms with Crippen LogP contribution in [0.1, 0.15) is 28.2 Å². The number of halogens is 1. The van der Waals surface area contributed by atoms with E-state index in [0.29, 0.717) is 49.8 Å². The van der Waals surface area contributed by atoms with Gasteiger partial charge in [-0.15, -0.1) is 11.3 Å². The summed E-state index contributed by atoms with van der Waals surface area (Å²) in [6.45, 7) is 4.01. The molecule has 3 amide bonds. The van der Waals surface area contributed by atoms with Gasteiger partial charge in [-0.3, -0.25) is 4.79 Å². The van der Waals surface area contributed by atoms with Crippen molar-refractivity contribution >= 4 is 44.9 Å². The predicted molar refractivity (Wildman–Crippen MR) is 161 cm³/mol. The molecule has 1 atom stereocenters. The Bertz CT molecular complexity index is 1290. The molecule has 1 saturated heterocycles. The molecule has 1 N–H and O–H groups in total. The van der Waals surface area contributed by atoms with Gasteiger partial charge in [-0.2, -0.15) is 0 Å². The van der Waals surface area contributed by atoms with E-state index in [1.165, 1.54) is 4.88 Å². The van der Waals surface area contributed by atoms with E-state index in [2.05, 4.69) is 40.3 Å². The summed E-state index contributed by atoms with van der Waals surface area (Å²) in [5, 5.41) is 2.94. The number of amides is 3. The minimum Gasteiger partial charge on any atom is -0.493 e. The van der Waals surface area contributed by atoms with Crippen molar-refractivity contribution in [2.45, 2.75) is 38.8 Å². The van der Waals surface area contributed by atoms with Crippen molar-refractivity contribution in [3.63, 3.8) is 0 Å². The molecule has 3 aromatic rings. The number of nitrogens with zero attached hydrogens (tertiary/aromatic N) is 2. The van der Waals surface area contributed by atoms with Gasteiger partial charge in [0.05, 0.1) is 26.9 Å². The Morgan fingerprint density at radius 1 is 1.07 bits per heavy atom. The fourth-order valence-electron chi connectivity index (χ4n) is 4.64. The molecular formula is C30H36BrN3O5S. The second-order valence-electron chi connectivity index (χ2n) is 9.72. The smallest absolute Gasteiger partial charge is 0.322 e. The van der Waals surface area contributed by atoms with Crippen LogP contribution in [0, 0.1) is 6.92 Å². The van der Waals surface area contributed by atoms with Crippen LogP contribution < -0.4 is 14.8 Å². The first-order valence-corrected chi connectivity index (χ1v) is 14.9. The van der Waals surface area contributed by atoms with Gasteiger partial charge in [0.2, 0.25) is 5.91 Å². The Morgan fingerprint density at radius 2 is 1.90 bits per heavy atom. The van der Waals surface area contributed by atoms with Crippen LogP contribution in [0.3, 0.4) is 0 Å². The molecule has 0 radical (unpaired) electrons. The summed E-state index contributed by atoms with van der Waals surface area (Å²) >= 11 is 5.12. The summed E-state index contributed by atoms with van der Waals surface area (Å²) in [6, 6.07) is 17.0. The first-order valence-electron chi connectivity index (χ1n) is 13.3. The summed E-state index contributed by atoms with van der Waals surface area (Å²) in [4.78, 5) is 32.9. The number of rotatable bonds is 12. The average Bonchev–Trinajstić information content (AvgIpc) is 3.61. The maximum absolute atomic E-state index is 13.8. The minimum atomic E-state index is -0.325. The third-order valence-corrected chi connectivity index (χ3v) is 8.23. The lowest BCUT2D eigenvalue weighted by molar-refractivity contribution is -0.132. The van der Waals surface area contributed by atoms with Crippen molar-refractivity contribution in [1.29, 1.82) is 0 Å². The van der Waals surface area contributed by atoms with Gasteiger partial charge < -0.3 is 29.3 Å². The molecule has 0 aliphatic carbocycles. The number of methoxy groups -OCH3 is 2. The average molecular weight is 631 g/mol. The van der Waals surface area contributed by atoms with Crippen molar-refractivity contribution in [3.8, 4) is 11.5 Å². The Kier molecular flexibility index (Phi) is 10.9. The molecule has 2 heterocycles. The van der Waals surface area contributed by atoms with Gasteiger partial charge >= 0.3 is 6.03 Å². The number of carbonyl (C=O) groups excluding carboxylic acids is 2. The van der Waals surface area contributed by atoms with Crippen LogP contribution in [-0.2, 0) is 22.5 Å². The van der Waals surface area contributed by atoms with Crippen molar-refractivity contribution in [2.24, 2.45) is 0 Å². The van der Waals surface area contributed by atoms with Crippen LogP contribution in [0.25, 0.3) is 0 Å². The molecule has 2 aromatic carbocycles. The number of hydrogen-bond acceptors (Lipinski definition) is 6. The van der Waals surface area contributed by atoms with Gasteiger partial charge in [0.15, 0.2) is 11.5 Å². The third-order valence-electron chi connectivity index (χ3n) is 6.75. The summed E-state index contributed by atoms with van der Waals surface area (Å²) in [5.41, 5.74) is 1.69. The van der Waals surface area contributed by atoms with Crippen LogP contribution >= 0.6 is 27.3 Å². The van der Waals surface area contributed by atoms with Crippen molar-refractivity contribution in [1.82, 2.24) is 9.80 Å². The van der Waals surface area contributed by atoms with Crippen molar-refractivity contribution in [2.75, 3.05) is 45.8 Å². The Hall–Kier alpha value is -3.08. The first kappa shape index (κ1) is 29.9. The summed E-state index contributed by atoms with van der Waals surface area (Å²) in [6.07, 6.45) is 2.37. The highest BCUT2D eigenvalue weighted by atomic mass is 79.9. The van der Waals surface area contributed by atoms with Gasteiger partial charge in [-0.1, -0.05) is 28.1 Å². The SMILES string of the molecule is COc1ccc(CCN(Cc2ccc(C)s2)C(=O)CN(CC2CCCO2)C(=O)Nc2cccc(Br)c2)cc1OC. The molecule has 1 fully saturated rings. The molecule has 1 aliphatic heterocycles. The fraction of sp³-hybridized carbons (Fsp3) is 0.400. The normalized spacial score (nSPS) is 14.6. The molecule has 214 valence electrons. The predicted octanol–water partition coefficient (Wildman–Crippen LogP) is 6.12. The maximum Gasteiger partial charge on any atom is 0.322 e. The van der Waals surface area contributed by atoms with Gasteiger partial charge in [0.25, 0.3) is 0 Å². The lowest BCUT2D eigenvalue weighted by Crippen LogP contribution is -2.47. The topological polar surface area (TPSA) is 80.3 Å². The van der Waals surface area contributed by atoms with Crippen molar-refractivity contribution < 1.29 is 23.8 Å². The fourth-order valence-corrected chi connectivity index (χ4v) is 5.94. The largest absolute Gasteiger partial charge is 0.493 e. The van der Waals surface area contributed by atoms with Crippen LogP contribution in [-0.4, -0.2) is 68.3 Å². The molecule has 4 rings (SSSR count). The second-order valence-corrected chi connectivity index (χ2v) is 12.0. The molecule has 1 unspecified atom stereocenters. The molecule has 0 bridgehead atoms. The monoisotopic (exact) mass is 629 g/mol. The summed E-state index contributed by atoms with van der Waals surface area (Å²) in [7, 11) is 3.22. The van der Waals surface area contributed by atoms with Crippen LogP contribution in [0.15, 0.2) is 59.1 Å². The van der Waals surface area contributed by atoms with Crippen LogP contribution in [0.2, 0.25) is 0 Å². The maximum atomic E-state index is 13.8. The van der Waals surface area contributed by atoms with Crippen molar-refractivity contribution in [3.05, 3.63) is 74.4 Å². The van der Waals surface area contributed by atoms with Gasteiger partial charge in [-0.05, 0) is 74.2 Å². The molecule has 40 heavy (non-hydrogen) atoms. The number of urea groups is 1. The zero-order valence-corrected chi connectivity index (χ0v) is 25.6. The van der Waals surface area contributed by atoms with Gasteiger partial charge in [-0.25, -0.2) is 4.79 Å². The Labute approximate surface area is 248 Å². The van der Waals surface area contributed by atoms with E-state index in [0.717, 1.165) is 27.8 Å². The molecular weight excluding hydrogens is 594 g/mol. The van der Waals surface area contributed by atoms with Gasteiger partial charge in [0.1, 0.15) is 6.54 Å². The first-order chi connectivity index (χ1) is 19.3. The molecule has 10 heteroatoms. The van der Waals surface area contributed by atoms with E-state index in [1.54, 1.807) is 30.5 Å². The number of benzene rings is 2. The molecule has 0 spiro atoms. The number of anilines is 1. The minimum absolute atomic E-state index is 0.0456. The Balaban J connectivity index is 1.50. The third kappa shape index (κ3) is 8.46. The number of ether oxygens (including phenoxy) is 3. The lowest BCUT2D eigenvalue weighted by Gasteiger charge is -2.29. The van der Waals surface area contributed by atoms with E-state index in [-0.39, 0.29) is 24.6 Å². The zero-order valence-electron chi connectivity index (χ0n) is 23.2. The highest BCUT2D eigenvalue weighted by Gasteiger charge is 2.27. The van der Waals surface area contributed by atoms with E-state index in [4.69, 9.17) is 14.2 Å². The number of hydrogen-bond donors (Lipinski definition) is 1. The molecule has 1 aromatic heterocycles. The molecule has 8 nitrogen and oxygen atoms in total. The highest BCUT2D eigenvalue weighted by molar-refractivity contribution is 9.10. The molecule has 0 saturated carbocycles. The van der Waals surface area contributed by atoms with E-state index >= 15 is 0 Å². The zero-order chi connectivity index (χ0) is 28.5. The van der Waals surface area contributed by atoms with E-state index in [1.807, 2.05) is 47.4 Å². The van der Waals surface area contributed by atoms with Gasteiger partial charge in [0, 0.05) is 39.6 Å². The van der Waals surface area contributed by atoms with Crippen LogP contribution in [0.4, 0.5) is 10.5 Å². The van der Waals surface area contributed by atoms with E-state index in [9.17, 15) is 9.59 Å². The number of thiophene rings is 1. The van der Waals surface area contributed by atoms with Crippen LogP contribution in [0.5, 0.6) is 11.5 Å². The van der Waals surface area contributed by atoms with E-state index < -0.39 is 0 Å². The number of aryl methyl sites for hydroxylation is 1. The standard InChI is InChI=1S/C30H36BrN3O5S/c1-21-9-11-26(40-21)19-33(14-13-22-10-12-27(37-2)28(16-22)38-3)29(35)20-34(18-25-8-5-15-39-25)30(36)32-24-7-4-6-23(31)17-24/h4,6-7,9-12,16-17,25H,5,8,13-15,18-20H2,1-3H3,(H,32,36). The Morgan fingerprint density at radius 3 is 2.58 bits per heavy atom. The quantitative estimate of drug-likeness (QED) is 0.261. The second kappa shape index (κ2) is 14.5. The number of nitrogens with one attached hydrogen (secondary N) is 1. The summed E-state index contributed by atoms with van der Waals surface area (Å²) < 4.78 is 17.5. The number of carbonyl (C=O) groups is 2. The molecule has 1 aliphatic rings.